The van der Waals surface area contributed by atoms with Gasteiger partial charge in [0.1, 0.15) is 0 Å². The number of aryl methyl sites for hydroxylation is 1. The Morgan fingerprint density at radius 3 is 2.71 bits per heavy atom. The fourth-order valence-electron chi connectivity index (χ4n) is 3.51. The molecule has 0 bridgehead atoms. The van der Waals surface area contributed by atoms with E-state index in [-0.39, 0.29) is 24.4 Å². The molecule has 1 aromatic carbocycles. The van der Waals surface area contributed by atoms with Crippen LogP contribution in [0.5, 0.6) is 0 Å². The van der Waals surface area contributed by atoms with Crippen molar-refractivity contribution in [1.82, 2.24) is 20.0 Å². The van der Waals surface area contributed by atoms with E-state index in [2.05, 4.69) is 22.2 Å². The number of halogens is 1. The molecule has 1 atom stereocenters. The third kappa shape index (κ3) is 5.66. The maximum absolute atomic E-state index is 12.2. The molecule has 1 saturated heterocycles. The predicted octanol–water partition coefficient (Wildman–Crippen LogP) is 2.94. The number of likely N-dealkylation sites (tertiary alicyclic amines) is 1. The Hall–Kier alpha value is -2.18. The lowest BCUT2D eigenvalue weighted by Crippen LogP contribution is -2.42. The predicted molar refractivity (Wildman–Crippen MR) is 111 cm³/mol. The Morgan fingerprint density at radius 1 is 1.18 bits per heavy atom. The van der Waals surface area contributed by atoms with Gasteiger partial charge in [-0.05, 0) is 44.5 Å². The van der Waals surface area contributed by atoms with Crippen molar-refractivity contribution in [1.29, 1.82) is 0 Å². The molecule has 1 aromatic heterocycles. The number of aromatic nitrogens is 2. The van der Waals surface area contributed by atoms with Gasteiger partial charge >= 0.3 is 0 Å². The maximum atomic E-state index is 12.2. The van der Waals surface area contributed by atoms with Crippen LogP contribution in [0.2, 0.25) is 5.02 Å². The number of hydrogen-bond acceptors (Lipinski definition) is 4. The van der Waals surface area contributed by atoms with Crippen LogP contribution in [0.3, 0.4) is 0 Å². The average Bonchev–Trinajstić information content (AvgIpc) is 2.69. The molecule has 0 spiro atoms. The lowest BCUT2D eigenvalue weighted by molar-refractivity contribution is -0.121. The average molecular weight is 403 g/mol. The number of hydrogen-bond donors (Lipinski definition) is 1. The Kier molecular flexibility index (Phi) is 7.23. The number of nitrogens with one attached hydrogen (secondary N) is 1. The standard InChI is InChI=1S/C21H27ClN4O2/c1-16-4-2-3-13-25(16)15-12-23-20(27)11-14-26-21(28)10-9-19(24-26)17-5-7-18(22)8-6-17/h5-10,16H,2-4,11-15H2,1H3,(H,23,27)/t16-/m1/s1. The van der Waals surface area contributed by atoms with E-state index in [0.717, 1.165) is 18.7 Å². The molecular weight excluding hydrogens is 376 g/mol. The van der Waals surface area contributed by atoms with Crippen LogP contribution in [-0.2, 0) is 11.3 Å². The minimum Gasteiger partial charge on any atom is -0.355 e. The zero-order valence-electron chi connectivity index (χ0n) is 16.2. The molecule has 1 fully saturated rings. The number of nitrogens with zero attached hydrogens (tertiary/aromatic N) is 3. The molecule has 1 aliphatic rings. The van der Waals surface area contributed by atoms with Crippen LogP contribution in [0, 0.1) is 0 Å². The second kappa shape index (κ2) is 9.85. The van der Waals surface area contributed by atoms with E-state index in [1.165, 1.54) is 30.0 Å². The number of piperidine rings is 1. The van der Waals surface area contributed by atoms with Crippen LogP contribution in [0.4, 0.5) is 0 Å². The summed E-state index contributed by atoms with van der Waals surface area (Å²) in [7, 11) is 0. The van der Waals surface area contributed by atoms with Gasteiger partial charge in [-0.15, -0.1) is 0 Å². The summed E-state index contributed by atoms with van der Waals surface area (Å²) < 4.78 is 1.34. The highest BCUT2D eigenvalue weighted by molar-refractivity contribution is 6.30. The van der Waals surface area contributed by atoms with Crippen LogP contribution in [0.1, 0.15) is 32.6 Å². The summed E-state index contributed by atoms with van der Waals surface area (Å²) in [6.45, 7) is 5.11. The fourth-order valence-corrected chi connectivity index (χ4v) is 3.63. The van der Waals surface area contributed by atoms with Gasteiger partial charge in [-0.1, -0.05) is 30.2 Å². The van der Waals surface area contributed by atoms with Crippen molar-refractivity contribution in [2.75, 3.05) is 19.6 Å². The van der Waals surface area contributed by atoms with E-state index >= 15 is 0 Å². The molecule has 2 heterocycles. The van der Waals surface area contributed by atoms with Gasteiger partial charge in [0, 0.05) is 42.2 Å². The molecule has 3 rings (SSSR count). The maximum Gasteiger partial charge on any atom is 0.266 e. The van der Waals surface area contributed by atoms with Gasteiger partial charge in [-0.3, -0.25) is 14.5 Å². The summed E-state index contributed by atoms with van der Waals surface area (Å²) in [5.41, 5.74) is 1.33. The zero-order chi connectivity index (χ0) is 19.9. The van der Waals surface area contributed by atoms with Gasteiger partial charge in [0.05, 0.1) is 12.2 Å². The Bertz CT molecular complexity index is 850. The van der Waals surface area contributed by atoms with Gasteiger partial charge in [0.15, 0.2) is 0 Å². The van der Waals surface area contributed by atoms with Crippen molar-refractivity contribution in [3.63, 3.8) is 0 Å². The molecule has 28 heavy (non-hydrogen) atoms. The van der Waals surface area contributed by atoms with Crippen LogP contribution in [0.15, 0.2) is 41.2 Å². The zero-order valence-corrected chi connectivity index (χ0v) is 17.0. The van der Waals surface area contributed by atoms with Gasteiger partial charge in [-0.25, -0.2) is 4.68 Å². The molecule has 0 radical (unpaired) electrons. The van der Waals surface area contributed by atoms with Gasteiger partial charge < -0.3 is 5.32 Å². The van der Waals surface area contributed by atoms with Crippen LogP contribution < -0.4 is 10.9 Å². The van der Waals surface area contributed by atoms with E-state index in [9.17, 15) is 9.59 Å². The molecule has 2 aromatic rings. The smallest absolute Gasteiger partial charge is 0.266 e. The first kappa shape index (κ1) is 20.6. The first-order valence-corrected chi connectivity index (χ1v) is 10.3. The highest BCUT2D eigenvalue weighted by atomic mass is 35.5. The summed E-state index contributed by atoms with van der Waals surface area (Å²) >= 11 is 5.92. The number of rotatable bonds is 7. The lowest BCUT2D eigenvalue weighted by atomic mass is 10.0. The summed E-state index contributed by atoms with van der Waals surface area (Å²) in [6.07, 6.45) is 3.98. The summed E-state index contributed by atoms with van der Waals surface area (Å²) in [5, 5.41) is 7.98. The van der Waals surface area contributed by atoms with Crippen molar-refractivity contribution < 1.29 is 4.79 Å². The van der Waals surface area contributed by atoms with E-state index in [0.29, 0.717) is 23.3 Å². The van der Waals surface area contributed by atoms with E-state index < -0.39 is 0 Å². The van der Waals surface area contributed by atoms with Crippen molar-refractivity contribution in [2.24, 2.45) is 0 Å². The summed E-state index contributed by atoms with van der Waals surface area (Å²) in [4.78, 5) is 26.6. The molecule has 0 saturated carbocycles. The highest BCUT2D eigenvalue weighted by Gasteiger charge is 2.17. The largest absolute Gasteiger partial charge is 0.355 e. The van der Waals surface area contributed by atoms with Crippen LogP contribution in [-0.4, -0.2) is 46.3 Å². The van der Waals surface area contributed by atoms with Crippen molar-refractivity contribution in [3.05, 3.63) is 51.8 Å². The topological polar surface area (TPSA) is 67.2 Å². The molecule has 6 nitrogen and oxygen atoms in total. The first-order chi connectivity index (χ1) is 13.5. The van der Waals surface area contributed by atoms with E-state index in [1.54, 1.807) is 18.2 Å². The Morgan fingerprint density at radius 2 is 1.96 bits per heavy atom. The third-order valence-corrected chi connectivity index (χ3v) is 5.47. The van der Waals surface area contributed by atoms with Crippen molar-refractivity contribution in [2.45, 2.75) is 45.2 Å². The molecular formula is C21H27ClN4O2. The molecule has 7 heteroatoms. The molecule has 0 aliphatic carbocycles. The Balaban J connectivity index is 1.50. The quantitative estimate of drug-likeness (QED) is 0.773. The number of carbonyl (C=O) groups excluding carboxylic acids is 1. The second-order valence-corrected chi connectivity index (χ2v) is 7.70. The molecule has 1 amide bonds. The first-order valence-electron chi connectivity index (χ1n) is 9.88. The molecule has 1 aliphatic heterocycles. The number of amides is 1. The molecule has 150 valence electrons. The minimum atomic E-state index is -0.215. The number of benzene rings is 1. The third-order valence-electron chi connectivity index (χ3n) is 5.22. The highest BCUT2D eigenvalue weighted by Crippen LogP contribution is 2.18. The summed E-state index contributed by atoms with van der Waals surface area (Å²) in [5.74, 6) is -0.0599. The van der Waals surface area contributed by atoms with Gasteiger partial charge in [-0.2, -0.15) is 5.10 Å². The second-order valence-electron chi connectivity index (χ2n) is 7.27. The van der Waals surface area contributed by atoms with E-state index in [4.69, 9.17) is 11.6 Å². The van der Waals surface area contributed by atoms with Crippen molar-refractivity contribution >= 4 is 17.5 Å². The fraction of sp³-hybridized carbons (Fsp3) is 0.476. The normalized spacial score (nSPS) is 17.4. The van der Waals surface area contributed by atoms with Crippen LogP contribution in [0.25, 0.3) is 11.3 Å². The molecule has 0 unspecified atom stereocenters. The SMILES string of the molecule is C[C@@H]1CCCCN1CCNC(=O)CCn1nc(-c2ccc(Cl)cc2)ccc1=O. The Labute approximate surface area is 170 Å². The number of carbonyl (C=O) groups is 1. The van der Waals surface area contributed by atoms with E-state index in [1.807, 2.05) is 12.1 Å². The summed E-state index contributed by atoms with van der Waals surface area (Å²) in [6, 6.07) is 11.0. The van der Waals surface area contributed by atoms with Gasteiger partial charge in [0.2, 0.25) is 5.91 Å². The minimum absolute atomic E-state index is 0.0599. The monoisotopic (exact) mass is 402 g/mol. The van der Waals surface area contributed by atoms with Crippen LogP contribution >= 0.6 is 11.6 Å². The lowest BCUT2D eigenvalue weighted by Gasteiger charge is -2.33. The van der Waals surface area contributed by atoms with Crippen molar-refractivity contribution in [3.8, 4) is 11.3 Å². The molecule has 1 N–H and O–H groups in total. The van der Waals surface area contributed by atoms with Gasteiger partial charge in [0.25, 0.3) is 5.56 Å².